The largest absolute Gasteiger partial charge is 0.430 e. The number of ether oxygens (including phenoxy) is 1. The molecule has 1 rings (SSSR count). The Balaban J connectivity index is 2.70. The van der Waals surface area contributed by atoms with Crippen LogP contribution >= 0.6 is 0 Å². The smallest absolute Gasteiger partial charge is 0.340 e. The molecule has 1 atom stereocenters. The Morgan fingerprint density at radius 2 is 2.29 bits per heavy atom. The number of hydrogen-bond donors (Lipinski definition) is 2. The molecule has 76 valence electrons. The monoisotopic (exact) mass is 200 g/mol. The van der Waals surface area contributed by atoms with E-state index in [1.807, 2.05) is 0 Å². The first kappa shape index (κ1) is 10.6. The minimum Gasteiger partial charge on any atom is -0.430 e. The van der Waals surface area contributed by atoms with E-state index in [2.05, 4.69) is 4.74 Å². The number of benzene rings is 1. The van der Waals surface area contributed by atoms with Crippen LogP contribution in [0.2, 0.25) is 0 Å². The highest BCUT2D eigenvalue weighted by atomic mass is 19.1. The number of esters is 1. The highest BCUT2D eigenvalue weighted by Gasteiger charge is 2.12. The summed E-state index contributed by atoms with van der Waals surface area (Å²) in [6.07, 6.45) is -1.58. The molecular formula is C9H9FO4. The average molecular weight is 200 g/mol. The van der Waals surface area contributed by atoms with E-state index in [0.29, 0.717) is 0 Å². The first-order chi connectivity index (χ1) is 6.63. The van der Waals surface area contributed by atoms with E-state index < -0.39 is 24.7 Å². The Kier molecular flexibility index (Phi) is 3.55. The van der Waals surface area contributed by atoms with Crippen LogP contribution < -0.4 is 0 Å². The van der Waals surface area contributed by atoms with E-state index in [-0.39, 0.29) is 5.56 Å². The van der Waals surface area contributed by atoms with Gasteiger partial charge in [-0.2, -0.15) is 0 Å². The lowest BCUT2D eigenvalue weighted by molar-refractivity contribution is -0.0904. The Labute approximate surface area is 79.6 Å². The second-order valence-electron chi connectivity index (χ2n) is 2.55. The summed E-state index contributed by atoms with van der Waals surface area (Å²) >= 11 is 0. The summed E-state index contributed by atoms with van der Waals surface area (Å²) in [7, 11) is 0. The molecule has 0 saturated heterocycles. The Morgan fingerprint density at radius 3 is 2.86 bits per heavy atom. The van der Waals surface area contributed by atoms with Crippen molar-refractivity contribution in [2.75, 3.05) is 6.61 Å². The number of rotatable bonds is 3. The molecule has 0 aliphatic carbocycles. The van der Waals surface area contributed by atoms with Gasteiger partial charge in [-0.3, -0.25) is 0 Å². The lowest BCUT2D eigenvalue weighted by Crippen LogP contribution is -2.21. The zero-order valence-electron chi connectivity index (χ0n) is 7.18. The fourth-order valence-corrected chi connectivity index (χ4v) is 0.844. The summed E-state index contributed by atoms with van der Waals surface area (Å²) < 4.78 is 17.0. The third-order valence-electron chi connectivity index (χ3n) is 1.46. The zero-order valence-corrected chi connectivity index (χ0v) is 7.18. The SMILES string of the molecule is O=C(OC(O)CO)c1cccc(F)c1. The van der Waals surface area contributed by atoms with Crippen molar-refractivity contribution >= 4 is 5.97 Å². The van der Waals surface area contributed by atoms with Crippen LogP contribution in [0.4, 0.5) is 4.39 Å². The van der Waals surface area contributed by atoms with Crippen molar-refractivity contribution in [2.45, 2.75) is 6.29 Å². The molecule has 0 spiro atoms. The summed E-state index contributed by atoms with van der Waals surface area (Å²) in [5.41, 5.74) is -0.0162. The molecule has 0 saturated carbocycles. The number of aliphatic hydroxyl groups excluding tert-OH is 2. The zero-order chi connectivity index (χ0) is 10.6. The minimum absolute atomic E-state index is 0.0162. The standard InChI is InChI=1S/C9H9FO4/c10-7-3-1-2-6(4-7)9(13)14-8(12)5-11/h1-4,8,11-12H,5H2. The van der Waals surface area contributed by atoms with Crippen LogP contribution in [-0.2, 0) is 4.74 Å². The fourth-order valence-electron chi connectivity index (χ4n) is 0.844. The number of carbonyl (C=O) groups is 1. The van der Waals surface area contributed by atoms with Gasteiger partial charge in [-0.25, -0.2) is 9.18 Å². The van der Waals surface area contributed by atoms with Crippen molar-refractivity contribution in [3.8, 4) is 0 Å². The molecule has 1 aromatic carbocycles. The first-order valence-corrected chi connectivity index (χ1v) is 3.89. The average Bonchev–Trinajstić information content (AvgIpc) is 2.17. The van der Waals surface area contributed by atoms with E-state index >= 15 is 0 Å². The number of hydrogen-bond acceptors (Lipinski definition) is 4. The third kappa shape index (κ3) is 2.79. The molecule has 5 heteroatoms. The second-order valence-corrected chi connectivity index (χ2v) is 2.55. The Morgan fingerprint density at radius 1 is 1.57 bits per heavy atom. The van der Waals surface area contributed by atoms with Gasteiger partial charge < -0.3 is 14.9 Å². The van der Waals surface area contributed by atoms with E-state index in [9.17, 15) is 9.18 Å². The van der Waals surface area contributed by atoms with Crippen molar-refractivity contribution in [2.24, 2.45) is 0 Å². The van der Waals surface area contributed by atoms with Gasteiger partial charge in [0.05, 0.1) is 5.56 Å². The maximum Gasteiger partial charge on any atom is 0.340 e. The number of carbonyl (C=O) groups excluding carboxylic acids is 1. The van der Waals surface area contributed by atoms with E-state index in [1.54, 1.807) is 0 Å². The van der Waals surface area contributed by atoms with Gasteiger partial charge in [-0.1, -0.05) is 6.07 Å². The molecule has 0 amide bonds. The van der Waals surface area contributed by atoms with E-state index in [0.717, 1.165) is 6.07 Å². The summed E-state index contributed by atoms with van der Waals surface area (Å²) in [6.45, 7) is -0.693. The molecule has 0 fully saturated rings. The second kappa shape index (κ2) is 4.69. The Hall–Kier alpha value is -1.46. The van der Waals surface area contributed by atoms with Crippen LogP contribution in [0.5, 0.6) is 0 Å². The third-order valence-corrected chi connectivity index (χ3v) is 1.46. The molecule has 2 N–H and O–H groups in total. The quantitative estimate of drug-likeness (QED) is 0.543. The van der Waals surface area contributed by atoms with Crippen molar-refractivity contribution in [3.63, 3.8) is 0 Å². The molecule has 0 aliphatic heterocycles. The van der Waals surface area contributed by atoms with Gasteiger partial charge >= 0.3 is 5.97 Å². The van der Waals surface area contributed by atoms with Crippen LogP contribution in [0.15, 0.2) is 24.3 Å². The van der Waals surface area contributed by atoms with Gasteiger partial charge in [0.25, 0.3) is 0 Å². The van der Waals surface area contributed by atoms with Gasteiger partial charge in [-0.05, 0) is 18.2 Å². The van der Waals surface area contributed by atoms with Gasteiger partial charge in [-0.15, -0.1) is 0 Å². The number of halogens is 1. The minimum atomic E-state index is -1.58. The predicted molar refractivity (Wildman–Crippen MR) is 44.9 cm³/mol. The summed E-state index contributed by atoms with van der Waals surface area (Å²) in [4.78, 5) is 11.1. The van der Waals surface area contributed by atoms with Crippen LogP contribution in [0.3, 0.4) is 0 Å². The van der Waals surface area contributed by atoms with Crippen LogP contribution in [0.25, 0.3) is 0 Å². The van der Waals surface area contributed by atoms with Crippen molar-refractivity contribution < 1.29 is 24.1 Å². The molecule has 14 heavy (non-hydrogen) atoms. The summed E-state index contributed by atoms with van der Waals surface area (Å²) in [5.74, 6) is -1.45. The van der Waals surface area contributed by atoms with Crippen molar-refractivity contribution in [3.05, 3.63) is 35.6 Å². The molecule has 0 radical (unpaired) electrons. The van der Waals surface area contributed by atoms with Crippen LogP contribution in [0, 0.1) is 5.82 Å². The highest BCUT2D eigenvalue weighted by molar-refractivity contribution is 5.89. The maximum atomic E-state index is 12.6. The maximum absolute atomic E-state index is 12.6. The lowest BCUT2D eigenvalue weighted by Gasteiger charge is -2.08. The Bertz CT molecular complexity index is 326. The molecular weight excluding hydrogens is 191 g/mol. The molecule has 0 heterocycles. The molecule has 0 aliphatic rings. The molecule has 1 aromatic rings. The van der Waals surface area contributed by atoms with Gasteiger partial charge in [0, 0.05) is 0 Å². The molecule has 0 aromatic heterocycles. The molecule has 1 unspecified atom stereocenters. The van der Waals surface area contributed by atoms with E-state index in [1.165, 1.54) is 18.2 Å². The predicted octanol–water partition coefficient (Wildman–Crippen LogP) is 0.293. The first-order valence-electron chi connectivity index (χ1n) is 3.89. The van der Waals surface area contributed by atoms with Crippen LogP contribution in [-0.4, -0.2) is 29.1 Å². The van der Waals surface area contributed by atoms with E-state index in [4.69, 9.17) is 10.2 Å². The van der Waals surface area contributed by atoms with Gasteiger partial charge in [0.2, 0.25) is 6.29 Å². The highest BCUT2D eigenvalue weighted by Crippen LogP contribution is 2.05. The summed E-state index contributed by atoms with van der Waals surface area (Å²) in [6, 6.07) is 4.85. The van der Waals surface area contributed by atoms with Gasteiger partial charge in [0.15, 0.2) is 0 Å². The molecule has 4 nitrogen and oxygen atoms in total. The van der Waals surface area contributed by atoms with Crippen molar-refractivity contribution in [1.29, 1.82) is 0 Å². The molecule has 0 bridgehead atoms. The van der Waals surface area contributed by atoms with Gasteiger partial charge in [0.1, 0.15) is 12.4 Å². The summed E-state index contributed by atoms with van der Waals surface area (Å²) in [5, 5.41) is 17.2. The van der Waals surface area contributed by atoms with Crippen molar-refractivity contribution in [1.82, 2.24) is 0 Å². The normalized spacial score (nSPS) is 12.2. The topological polar surface area (TPSA) is 66.8 Å². The van der Waals surface area contributed by atoms with Crippen LogP contribution in [0.1, 0.15) is 10.4 Å². The number of aliphatic hydroxyl groups is 2. The fraction of sp³-hybridized carbons (Fsp3) is 0.222. The lowest BCUT2D eigenvalue weighted by atomic mass is 10.2.